The van der Waals surface area contributed by atoms with Gasteiger partial charge in [0, 0.05) is 6.54 Å². The summed E-state index contributed by atoms with van der Waals surface area (Å²) in [6.07, 6.45) is 3.30. The van der Waals surface area contributed by atoms with E-state index in [0.717, 1.165) is 38.9 Å². The van der Waals surface area contributed by atoms with Crippen molar-refractivity contribution < 1.29 is 9.53 Å². The van der Waals surface area contributed by atoms with Crippen LogP contribution in [0.5, 0.6) is 0 Å². The highest BCUT2D eigenvalue weighted by Crippen LogP contribution is 2.41. The monoisotopic (exact) mass is 256 g/mol. The largest absolute Gasteiger partial charge is 0.465 e. The predicted octanol–water partition coefficient (Wildman–Crippen LogP) is 1.65. The van der Waals surface area contributed by atoms with Gasteiger partial charge in [-0.25, -0.2) is 4.79 Å². The lowest BCUT2D eigenvalue weighted by atomic mass is 9.92. The minimum absolute atomic E-state index is 0.0683. The van der Waals surface area contributed by atoms with Gasteiger partial charge in [-0.3, -0.25) is 0 Å². The molecule has 1 saturated carbocycles. The van der Waals surface area contributed by atoms with Crippen molar-refractivity contribution in [1.82, 2.24) is 10.2 Å². The van der Waals surface area contributed by atoms with Crippen LogP contribution < -0.4 is 5.32 Å². The van der Waals surface area contributed by atoms with Crippen LogP contribution >= 0.6 is 0 Å². The summed E-state index contributed by atoms with van der Waals surface area (Å²) in [6.45, 7) is 9.12. The Hall–Kier alpha value is -0.610. The van der Waals surface area contributed by atoms with Crippen molar-refractivity contribution in [2.75, 3.05) is 33.3 Å². The number of hydrogen-bond acceptors (Lipinski definition) is 4. The molecule has 0 aliphatic heterocycles. The molecule has 106 valence electrons. The lowest BCUT2D eigenvalue weighted by Gasteiger charge is -2.36. The molecular formula is C14H28N2O2. The van der Waals surface area contributed by atoms with Crippen molar-refractivity contribution in [3.05, 3.63) is 0 Å². The van der Waals surface area contributed by atoms with E-state index in [0.29, 0.717) is 12.5 Å². The Morgan fingerprint density at radius 2 is 2.06 bits per heavy atom. The second kappa shape index (κ2) is 7.10. The maximum atomic E-state index is 12.4. The van der Waals surface area contributed by atoms with Gasteiger partial charge in [-0.2, -0.15) is 0 Å². The van der Waals surface area contributed by atoms with Gasteiger partial charge in [0.2, 0.25) is 0 Å². The van der Waals surface area contributed by atoms with Gasteiger partial charge in [0.1, 0.15) is 5.54 Å². The summed E-state index contributed by atoms with van der Waals surface area (Å²) in [5.74, 6) is 0.373. The number of nitrogens with zero attached hydrogens (tertiary/aromatic N) is 1. The van der Waals surface area contributed by atoms with Crippen molar-refractivity contribution in [2.45, 2.75) is 45.6 Å². The van der Waals surface area contributed by atoms with Crippen LogP contribution in [0.15, 0.2) is 0 Å². The summed E-state index contributed by atoms with van der Waals surface area (Å²) < 4.78 is 5.32. The highest BCUT2D eigenvalue weighted by Gasteiger charge is 2.52. The van der Waals surface area contributed by atoms with E-state index in [1.165, 1.54) is 0 Å². The molecule has 1 rings (SSSR count). The third kappa shape index (κ3) is 3.69. The standard InChI is InChI=1S/C14H28N2O2/c1-5-10-15-14(12-8-9-12,11-16(4)6-2)13(17)18-7-3/h12,15H,5-11H2,1-4H3. The zero-order valence-electron chi connectivity index (χ0n) is 12.3. The summed E-state index contributed by atoms with van der Waals surface area (Å²) in [5, 5.41) is 3.48. The van der Waals surface area contributed by atoms with E-state index in [1.54, 1.807) is 0 Å². The number of nitrogens with one attached hydrogen (secondary N) is 1. The molecule has 1 unspecified atom stereocenters. The Kier molecular flexibility index (Phi) is 6.09. The van der Waals surface area contributed by atoms with Gasteiger partial charge in [-0.1, -0.05) is 13.8 Å². The molecule has 0 aromatic heterocycles. The highest BCUT2D eigenvalue weighted by molar-refractivity contribution is 5.82. The Labute approximate surface area is 111 Å². The number of esters is 1. The average Bonchev–Trinajstić information content (AvgIpc) is 3.19. The molecule has 0 aromatic rings. The topological polar surface area (TPSA) is 41.6 Å². The molecule has 1 fully saturated rings. The molecule has 18 heavy (non-hydrogen) atoms. The number of likely N-dealkylation sites (N-methyl/N-ethyl adjacent to an activating group) is 1. The Balaban J connectivity index is 2.82. The van der Waals surface area contributed by atoms with E-state index >= 15 is 0 Å². The fraction of sp³-hybridized carbons (Fsp3) is 0.929. The fourth-order valence-corrected chi connectivity index (χ4v) is 2.35. The lowest BCUT2D eigenvalue weighted by molar-refractivity contribution is -0.153. The van der Waals surface area contributed by atoms with Crippen molar-refractivity contribution in [2.24, 2.45) is 5.92 Å². The normalized spacial score (nSPS) is 18.7. The number of carbonyl (C=O) groups is 1. The molecule has 0 aromatic carbocycles. The number of ether oxygens (including phenoxy) is 1. The summed E-state index contributed by atoms with van der Waals surface area (Å²) in [6, 6.07) is 0. The quantitative estimate of drug-likeness (QED) is 0.637. The molecule has 0 saturated heterocycles. The molecule has 4 nitrogen and oxygen atoms in total. The van der Waals surface area contributed by atoms with Crippen molar-refractivity contribution in [3.8, 4) is 0 Å². The van der Waals surface area contributed by atoms with Crippen LogP contribution in [0.2, 0.25) is 0 Å². The molecule has 0 heterocycles. The zero-order chi connectivity index (χ0) is 13.6. The second-order valence-electron chi connectivity index (χ2n) is 5.22. The van der Waals surface area contributed by atoms with Crippen LogP contribution in [0, 0.1) is 5.92 Å². The maximum absolute atomic E-state index is 12.4. The minimum atomic E-state index is -0.489. The van der Waals surface area contributed by atoms with Crippen LogP contribution in [0.3, 0.4) is 0 Å². The van der Waals surface area contributed by atoms with Gasteiger partial charge in [0.15, 0.2) is 0 Å². The first-order chi connectivity index (χ1) is 8.60. The van der Waals surface area contributed by atoms with E-state index in [-0.39, 0.29) is 5.97 Å². The van der Waals surface area contributed by atoms with E-state index in [2.05, 4.69) is 31.1 Å². The molecule has 0 bridgehead atoms. The predicted molar refractivity (Wildman–Crippen MR) is 73.6 cm³/mol. The third-order valence-electron chi connectivity index (χ3n) is 3.66. The van der Waals surface area contributed by atoms with E-state index in [9.17, 15) is 4.79 Å². The lowest BCUT2D eigenvalue weighted by Crippen LogP contribution is -2.61. The molecule has 0 radical (unpaired) electrons. The Bertz CT molecular complexity index is 267. The van der Waals surface area contributed by atoms with Crippen LogP contribution in [0.25, 0.3) is 0 Å². The molecule has 1 aliphatic carbocycles. The van der Waals surface area contributed by atoms with E-state index in [4.69, 9.17) is 4.74 Å². The number of hydrogen-bond donors (Lipinski definition) is 1. The molecule has 0 spiro atoms. The Morgan fingerprint density at radius 1 is 1.39 bits per heavy atom. The van der Waals surface area contributed by atoms with Crippen molar-refractivity contribution in [3.63, 3.8) is 0 Å². The first-order valence-corrected chi connectivity index (χ1v) is 7.21. The van der Waals surface area contributed by atoms with Gasteiger partial charge in [-0.15, -0.1) is 0 Å². The molecular weight excluding hydrogens is 228 g/mol. The summed E-state index contributed by atoms with van der Waals surface area (Å²) in [5.41, 5.74) is -0.489. The molecule has 1 N–H and O–H groups in total. The van der Waals surface area contributed by atoms with Gasteiger partial charge in [-0.05, 0) is 52.2 Å². The smallest absolute Gasteiger partial charge is 0.327 e. The van der Waals surface area contributed by atoms with Gasteiger partial charge in [0.05, 0.1) is 6.61 Å². The SMILES string of the molecule is CCCNC(CN(C)CC)(C(=O)OCC)C1CC1. The summed E-state index contributed by atoms with van der Waals surface area (Å²) in [7, 11) is 2.06. The van der Waals surface area contributed by atoms with Crippen molar-refractivity contribution >= 4 is 5.97 Å². The number of carbonyl (C=O) groups excluding carboxylic acids is 1. The van der Waals surface area contributed by atoms with Crippen LogP contribution in [0.4, 0.5) is 0 Å². The molecule has 0 amide bonds. The average molecular weight is 256 g/mol. The van der Waals surface area contributed by atoms with Crippen LogP contribution in [-0.2, 0) is 9.53 Å². The van der Waals surface area contributed by atoms with Gasteiger partial charge < -0.3 is 15.0 Å². The second-order valence-corrected chi connectivity index (χ2v) is 5.22. The van der Waals surface area contributed by atoms with Crippen molar-refractivity contribution in [1.29, 1.82) is 0 Å². The zero-order valence-corrected chi connectivity index (χ0v) is 12.3. The fourth-order valence-electron chi connectivity index (χ4n) is 2.35. The highest BCUT2D eigenvalue weighted by atomic mass is 16.5. The van der Waals surface area contributed by atoms with Gasteiger partial charge >= 0.3 is 5.97 Å². The van der Waals surface area contributed by atoms with E-state index in [1.807, 2.05) is 6.92 Å². The molecule has 1 aliphatic rings. The first-order valence-electron chi connectivity index (χ1n) is 7.21. The summed E-state index contributed by atoms with van der Waals surface area (Å²) in [4.78, 5) is 14.6. The minimum Gasteiger partial charge on any atom is -0.465 e. The van der Waals surface area contributed by atoms with Crippen LogP contribution in [-0.4, -0.2) is 49.7 Å². The first kappa shape index (κ1) is 15.4. The Morgan fingerprint density at radius 3 is 2.50 bits per heavy atom. The number of rotatable bonds is 9. The van der Waals surface area contributed by atoms with E-state index < -0.39 is 5.54 Å². The third-order valence-corrected chi connectivity index (χ3v) is 3.66. The van der Waals surface area contributed by atoms with Crippen LogP contribution in [0.1, 0.15) is 40.0 Å². The summed E-state index contributed by atoms with van der Waals surface area (Å²) >= 11 is 0. The van der Waals surface area contributed by atoms with Gasteiger partial charge in [0.25, 0.3) is 0 Å². The molecule has 4 heteroatoms. The maximum Gasteiger partial charge on any atom is 0.327 e. The molecule has 1 atom stereocenters.